The largest absolute Gasteiger partial charge is 0.484 e. The van der Waals surface area contributed by atoms with Crippen LogP contribution >= 0.6 is 22.9 Å². The predicted octanol–water partition coefficient (Wildman–Crippen LogP) is 3.87. The molecule has 4 rings (SSSR count). The molecule has 0 saturated carbocycles. The zero-order valence-electron chi connectivity index (χ0n) is 16.7. The number of hydrogen-bond acceptors (Lipinski definition) is 6. The van der Waals surface area contributed by atoms with Crippen molar-refractivity contribution < 1.29 is 17.9 Å². The summed E-state index contributed by atoms with van der Waals surface area (Å²) in [6, 6.07) is 13.5. The minimum atomic E-state index is -3.58. The summed E-state index contributed by atoms with van der Waals surface area (Å²) in [4.78, 5) is 17.8. The maximum atomic E-state index is 12.9. The highest BCUT2D eigenvalue weighted by atomic mass is 35.5. The van der Waals surface area contributed by atoms with Gasteiger partial charge in [0.2, 0.25) is 10.0 Å². The van der Waals surface area contributed by atoms with Crippen molar-refractivity contribution in [2.75, 3.05) is 18.5 Å². The Morgan fingerprint density at radius 3 is 2.61 bits per heavy atom. The highest BCUT2D eigenvalue weighted by Gasteiger charge is 2.30. The second kappa shape index (κ2) is 8.96. The van der Waals surface area contributed by atoms with E-state index in [-0.39, 0.29) is 24.0 Å². The molecule has 10 heteroatoms. The first kappa shape index (κ1) is 21.8. The number of hydrogen-bond donors (Lipinski definition) is 1. The molecule has 3 aromatic rings. The fourth-order valence-corrected chi connectivity index (χ4v) is 5.78. The third-order valence-electron chi connectivity index (χ3n) is 4.78. The van der Waals surface area contributed by atoms with Crippen molar-refractivity contribution in [1.82, 2.24) is 9.29 Å². The minimum Gasteiger partial charge on any atom is -0.484 e. The van der Waals surface area contributed by atoms with Crippen molar-refractivity contribution in [3.63, 3.8) is 0 Å². The van der Waals surface area contributed by atoms with E-state index in [4.69, 9.17) is 16.3 Å². The number of sulfonamides is 1. The molecular weight excluding hydrogens is 458 g/mol. The fourth-order valence-electron chi connectivity index (χ4n) is 3.13. The van der Waals surface area contributed by atoms with E-state index in [0.717, 1.165) is 16.1 Å². The van der Waals surface area contributed by atoms with Crippen molar-refractivity contribution in [1.29, 1.82) is 0 Å². The van der Waals surface area contributed by atoms with Gasteiger partial charge in [-0.25, -0.2) is 13.4 Å². The Bertz CT molecular complexity index is 1190. The molecule has 1 N–H and O–H groups in total. The highest BCUT2D eigenvalue weighted by Crippen LogP contribution is 2.31. The van der Waals surface area contributed by atoms with Crippen LogP contribution in [-0.2, 0) is 27.8 Å². The molecule has 1 aromatic heterocycles. The number of carbonyl (C=O) groups is 1. The summed E-state index contributed by atoms with van der Waals surface area (Å²) < 4.78 is 32.8. The molecule has 1 aliphatic rings. The van der Waals surface area contributed by atoms with E-state index >= 15 is 0 Å². The summed E-state index contributed by atoms with van der Waals surface area (Å²) in [5, 5.41) is 3.74. The van der Waals surface area contributed by atoms with Crippen molar-refractivity contribution in [3.05, 3.63) is 69.7 Å². The lowest BCUT2D eigenvalue weighted by atomic mass is 10.2. The van der Waals surface area contributed by atoms with Gasteiger partial charge < -0.3 is 4.74 Å². The molecule has 31 heavy (non-hydrogen) atoms. The summed E-state index contributed by atoms with van der Waals surface area (Å²) in [6.45, 7) is 2.33. The van der Waals surface area contributed by atoms with E-state index in [1.807, 2.05) is 6.92 Å². The van der Waals surface area contributed by atoms with Gasteiger partial charge in [0.1, 0.15) is 5.75 Å². The second-order valence-electron chi connectivity index (χ2n) is 7.08. The molecule has 7 nitrogen and oxygen atoms in total. The first-order valence-corrected chi connectivity index (χ1v) is 12.2. The zero-order chi connectivity index (χ0) is 22.0. The number of ether oxygens (including phenoxy) is 1. The Hall–Kier alpha value is -2.46. The van der Waals surface area contributed by atoms with Gasteiger partial charge >= 0.3 is 0 Å². The number of benzene rings is 2. The molecule has 2 heterocycles. The van der Waals surface area contributed by atoms with Gasteiger partial charge in [0.15, 0.2) is 11.7 Å². The van der Waals surface area contributed by atoms with Gasteiger partial charge in [-0.1, -0.05) is 29.3 Å². The Morgan fingerprint density at radius 1 is 1.19 bits per heavy atom. The van der Waals surface area contributed by atoms with Crippen LogP contribution in [0.15, 0.2) is 53.4 Å². The summed E-state index contributed by atoms with van der Waals surface area (Å²) in [7, 11) is -3.58. The standard InChI is InChI=1S/C21H20ClN3O4S2/c1-14-2-8-17(9-3-14)31(27,28)25-11-10-18-19(12-25)30-21(23-18)24-20(26)13-29-16-6-4-15(22)5-7-16/h2-9H,10-13H2,1H3,(H,23,24,26). The van der Waals surface area contributed by atoms with E-state index in [2.05, 4.69) is 10.3 Å². The molecule has 1 aliphatic heterocycles. The number of halogens is 1. The Kier molecular flexibility index (Phi) is 6.29. The van der Waals surface area contributed by atoms with E-state index < -0.39 is 10.0 Å². The Balaban J connectivity index is 1.39. The highest BCUT2D eigenvalue weighted by molar-refractivity contribution is 7.89. The summed E-state index contributed by atoms with van der Waals surface area (Å²) >= 11 is 7.11. The number of anilines is 1. The van der Waals surface area contributed by atoms with E-state index in [1.54, 1.807) is 48.5 Å². The third-order valence-corrected chi connectivity index (χ3v) is 7.89. The maximum Gasteiger partial charge on any atom is 0.264 e. The lowest BCUT2D eigenvalue weighted by Gasteiger charge is -2.25. The van der Waals surface area contributed by atoms with Gasteiger partial charge in [-0.05, 0) is 43.3 Å². The molecule has 162 valence electrons. The van der Waals surface area contributed by atoms with Gasteiger partial charge in [0, 0.05) is 22.9 Å². The molecule has 0 unspecified atom stereocenters. The molecule has 0 spiro atoms. The van der Waals surface area contributed by atoms with Crippen LogP contribution in [0.3, 0.4) is 0 Å². The van der Waals surface area contributed by atoms with Gasteiger partial charge in [-0.15, -0.1) is 11.3 Å². The topological polar surface area (TPSA) is 88.6 Å². The minimum absolute atomic E-state index is 0.167. The number of thiazole rings is 1. The van der Waals surface area contributed by atoms with E-state index in [9.17, 15) is 13.2 Å². The number of fused-ring (bicyclic) bond motifs is 1. The molecule has 1 amide bonds. The Morgan fingerprint density at radius 2 is 1.90 bits per heavy atom. The van der Waals surface area contributed by atoms with Crippen LogP contribution in [0.2, 0.25) is 5.02 Å². The summed E-state index contributed by atoms with van der Waals surface area (Å²) in [5.74, 6) is 0.195. The molecule has 0 atom stereocenters. The molecule has 2 aromatic carbocycles. The number of rotatable bonds is 6. The molecule has 0 fully saturated rings. The predicted molar refractivity (Wildman–Crippen MR) is 120 cm³/mol. The van der Waals surface area contributed by atoms with Crippen LogP contribution in [0.4, 0.5) is 5.13 Å². The SMILES string of the molecule is Cc1ccc(S(=O)(=O)N2CCc3nc(NC(=O)COc4ccc(Cl)cc4)sc3C2)cc1. The first-order valence-electron chi connectivity index (χ1n) is 9.55. The van der Waals surface area contributed by atoms with E-state index in [0.29, 0.717) is 28.9 Å². The fraction of sp³-hybridized carbons (Fsp3) is 0.238. The zero-order valence-corrected chi connectivity index (χ0v) is 19.1. The van der Waals surface area contributed by atoms with Crippen LogP contribution < -0.4 is 10.1 Å². The van der Waals surface area contributed by atoms with Gasteiger partial charge in [0.25, 0.3) is 5.91 Å². The lowest BCUT2D eigenvalue weighted by Crippen LogP contribution is -2.35. The third kappa shape index (κ3) is 5.07. The van der Waals surface area contributed by atoms with Crippen LogP contribution in [-0.4, -0.2) is 36.8 Å². The van der Waals surface area contributed by atoms with Crippen molar-refractivity contribution in [2.45, 2.75) is 24.8 Å². The number of aryl methyl sites for hydroxylation is 1. The normalized spacial score (nSPS) is 14.1. The van der Waals surface area contributed by atoms with E-state index in [1.165, 1.54) is 15.6 Å². The maximum absolute atomic E-state index is 12.9. The number of carbonyl (C=O) groups excluding carboxylic acids is 1. The van der Waals surface area contributed by atoms with Gasteiger partial charge in [-0.3, -0.25) is 10.1 Å². The molecule has 0 radical (unpaired) electrons. The second-order valence-corrected chi connectivity index (χ2v) is 10.5. The van der Waals surface area contributed by atoms with Crippen LogP contribution in [0.5, 0.6) is 5.75 Å². The van der Waals surface area contributed by atoms with Crippen molar-refractivity contribution >= 4 is 44.0 Å². The number of amides is 1. The number of nitrogens with zero attached hydrogens (tertiary/aromatic N) is 2. The Labute approximate surface area is 189 Å². The average Bonchev–Trinajstić information content (AvgIpc) is 3.15. The summed E-state index contributed by atoms with van der Waals surface area (Å²) in [6.07, 6.45) is 0.494. The molecular formula is C21H20ClN3O4S2. The van der Waals surface area contributed by atoms with Crippen molar-refractivity contribution in [3.8, 4) is 5.75 Å². The average molecular weight is 478 g/mol. The smallest absolute Gasteiger partial charge is 0.264 e. The van der Waals surface area contributed by atoms with Crippen LogP contribution in [0, 0.1) is 6.92 Å². The lowest BCUT2D eigenvalue weighted by molar-refractivity contribution is -0.118. The van der Waals surface area contributed by atoms with Crippen LogP contribution in [0.25, 0.3) is 0 Å². The quantitative estimate of drug-likeness (QED) is 0.582. The van der Waals surface area contributed by atoms with Gasteiger partial charge in [-0.2, -0.15) is 4.31 Å². The van der Waals surface area contributed by atoms with Crippen LogP contribution in [0.1, 0.15) is 16.1 Å². The number of nitrogens with one attached hydrogen (secondary N) is 1. The summed E-state index contributed by atoms with van der Waals surface area (Å²) in [5.41, 5.74) is 1.82. The first-order chi connectivity index (χ1) is 14.8. The van der Waals surface area contributed by atoms with Gasteiger partial charge in [0.05, 0.1) is 17.1 Å². The van der Waals surface area contributed by atoms with Crippen molar-refractivity contribution in [2.24, 2.45) is 0 Å². The molecule has 0 bridgehead atoms. The molecule has 0 aliphatic carbocycles. The number of aromatic nitrogens is 1. The monoisotopic (exact) mass is 477 g/mol. The molecule has 0 saturated heterocycles.